The lowest BCUT2D eigenvalue weighted by atomic mass is 10.2. The lowest BCUT2D eigenvalue weighted by Gasteiger charge is -2.11. The molecular formula is C13H17NO4S. The van der Waals surface area contributed by atoms with Crippen LogP contribution in [0.2, 0.25) is 0 Å². The number of hydrogen-bond acceptors (Lipinski definition) is 4. The molecule has 1 saturated heterocycles. The monoisotopic (exact) mass is 283 g/mol. The number of carbonyl (C=O) groups excluding carboxylic acids is 1. The van der Waals surface area contributed by atoms with Gasteiger partial charge >= 0.3 is 5.97 Å². The van der Waals surface area contributed by atoms with Crippen molar-refractivity contribution >= 4 is 23.2 Å². The van der Waals surface area contributed by atoms with E-state index in [4.69, 9.17) is 9.84 Å². The van der Waals surface area contributed by atoms with E-state index in [2.05, 4.69) is 5.32 Å². The second kappa shape index (κ2) is 6.16. The van der Waals surface area contributed by atoms with E-state index in [1.807, 2.05) is 19.1 Å². The summed E-state index contributed by atoms with van der Waals surface area (Å²) in [4.78, 5) is 24.5. The number of aryl methyl sites for hydroxylation is 1. The summed E-state index contributed by atoms with van der Waals surface area (Å²) in [7, 11) is 0. The first kappa shape index (κ1) is 14.0. The standard InChI is InChI=1S/C13H17NO4S/c1-2-9-4-6-11(19-9)12(15)14-7-8-3-5-10(18-8)13(16)17/h4,6,8,10H,2-3,5,7H2,1H3,(H,14,15)(H,16,17). The number of rotatable bonds is 5. The molecule has 0 saturated carbocycles. The third-order valence-electron chi connectivity index (χ3n) is 3.11. The smallest absolute Gasteiger partial charge is 0.332 e. The summed E-state index contributed by atoms with van der Waals surface area (Å²) >= 11 is 1.48. The Labute approximate surface area is 115 Å². The summed E-state index contributed by atoms with van der Waals surface area (Å²) in [5.41, 5.74) is 0. The van der Waals surface area contributed by atoms with Crippen LogP contribution in [-0.2, 0) is 16.0 Å². The topological polar surface area (TPSA) is 75.6 Å². The van der Waals surface area contributed by atoms with Gasteiger partial charge in [0, 0.05) is 11.4 Å². The van der Waals surface area contributed by atoms with E-state index in [1.165, 1.54) is 16.2 Å². The molecule has 5 nitrogen and oxygen atoms in total. The van der Waals surface area contributed by atoms with Crippen molar-refractivity contribution in [2.24, 2.45) is 0 Å². The SMILES string of the molecule is CCc1ccc(C(=O)NCC2CCC(C(=O)O)O2)s1. The minimum absolute atomic E-state index is 0.118. The van der Waals surface area contributed by atoms with Gasteiger partial charge in [0.05, 0.1) is 11.0 Å². The van der Waals surface area contributed by atoms with Crippen LogP contribution in [0.5, 0.6) is 0 Å². The lowest BCUT2D eigenvalue weighted by molar-refractivity contribution is -0.149. The fraction of sp³-hybridized carbons (Fsp3) is 0.538. The number of amides is 1. The second-order valence-corrected chi connectivity index (χ2v) is 5.66. The van der Waals surface area contributed by atoms with Crippen molar-refractivity contribution in [2.75, 3.05) is 6.54 Å². The molecule has 1 aliphatic rings. The fourth-order valence-electron chi connectivity index (χ4n) is 2.02. The second-order valence-electron chi connectivity index (χ2n) is 4.49. The number of nitrogens with one attached hydrogen (secondary N) is 1. The first-order valence-electron chi connectivity index (χ1n) is 6.35. The van der Waals surface area contributed by atoms with Gasteiger partial charge in [0.25, 0.3) is 5.91 Å². The van der Waals surface area contributed by atoms with Gasteiger partial charge in [-0.15, -0.1) is 11.3 Å². The Kier molecular flexibility index (Phi) is 4.55. The molecule has 0 spiro atoms. The zero-order valence-electron chi connectivity index (χ0n) is 10.7. The van der Waals surface area contributed by atoms with Crippen LogP contribution in [0, 0.1) is 0 Å². The van der Waals surface area contributed by atoms with Gasteiger partial charge in [0.1, 0.15) is 0 Å². The van der Waals surface area contributed by atoms with Gasteiger partial charge in [0.15, 0.2) is 6.10 Å². The predicted molar refractivity (Wildman–Crippen MR) is 71.6 cm³/mol. The molecular weight excluding hydrogens is 266 g/mol. The minimum atomic E-state index is -0.931. The van der Waals surface area contributed by atoms with E-state index in [9.17, 15) is 9.59 Å². The number of thiophene rings is 1. The minimum Gasteiger partial charge on any atom is -0.479 e. The number of hydrogen-bond donors (Lipinski definition) is 2. The molecule has 1 aromatic rings. The molecule has 0 radical (unpaired) electrons. The molecule has 2 unspecified atom stereocenters. The number of carboxylic acids is 1. The summed E-state index contributed by atoms with van der Waals surface area (Å²) in [5, 5.41) is 11.6. The molecule has 104 valence electrons. The van der Waals surface area contributed by atoms with Gasteiger partial charge in [-0.25, -0.2) is 4.79 Å². The van der Waals surface area contributed by atoms with E-state index >= 15 is 0 Å². The molecule has 2 rings (SSSR count). The number of ether oxygens (including phenoxy) is 1. The van der Waals surface area contributed by atoms with E-state index < -0.39 is 12.1 Å². The number of carboxylic acid groups (broad SMARTS) is 1. The fourth-order valence-corrected chi connectivity index (χ4v) is 2.88. The van der Waals surface area contributed by atoms with Crippen LogP contribution in [0.3, 0.4) is 0 Å². The number of aliphatic carboxylic acids is 1. The summed E-state index contributed by atoms with van der Waals surface area (Å²) < 4.78 is 5.32. The van der Waals surface area contributed by atoms with Crippen molar-refractivity contribution in [3.05, 3.63) is 21.9 Å². The third-order valence-corrected chi connectivity index (χ3v) is 4.34. The van der Waals surface area contributed by atoms with E-state index in [0.717, 1.165) is 6.42 Å². The van der Waals surface area contributed by atoms with Crippen LogP contribution in [0.25, 0.3) is 0 Å². The van der Waals surface area contributed by atoms with Crippen molar-refractivity contribution in [3.63, 3.8) is 0 Å². The molecule has 0 aromatic carbocycles. The normalized spacial score (nSPS) is 22.4. The van der Waals surface area contributed by atoms with Crippen molar-refractivity contribution in [1.82, 2.24) is 5.32 Å². The van der Waals surface area contributed by atoms with Crippen LogP contribution < -0.4 is 5.32 Å². The van der Waals surface area contributed by atoms with Crippen molar-refractivity contribution in [3.8, 4) is 0 Å². The molecule has 19 heavy (non-hydrogen) atoms. The van der Waals surface area contributed by atoms with E-state index in [-0.39, 0.29) is 12.0 Å². The highest BCUT2D eigenvalue weighted by Gasteiger charge is 2.30. The predicted octanol–water partition coefficient (Wildman–Crippen LogP) is 1.67. The molecule has 2 atom stereocenters. The largest absolute Gasteiger partial charge is 0.479 e. The van der Waals surface area contributed by atoms with Gasteiger partial charge < -0.3 is 15.2 Å². The zero-order valence-corrected chi connectivity index (χ0v) is 11.5. The Balaban J connectivity index is 1.79. The maximum atomic E-state index is 11.9. The van der Waals surface area contributed by atoms with Crippen molar-refractivity contribution in [2.45, 2.75) is 38.4 Å². The van der Waals surface area contributed by atoms with Crippen LogP contribution in [0.4, 0.5) is 0 Å². The molecule has 0 aliphatic carbocycles. The molecule has 0 bridgehead atoms. The average Bonchev–Trinajstić information content (AvgIpc) is 3.04. The van der Waals surface area contributed by atoms with Gasteiger partial charge in [-0.1, -0.05) is 6.92 Å². The average molecular weight is 283 g/mol. The zero-order chi connectivity index (χ0) is 13.8. The van der Waals surface area contributed by atoms with Crippen molar-refractivity contribution < 1.29 is 19.4 Å². The van der Waals surface area contributed by atoms with Crippen molar-refractivity contribution in [1.29, 1.82) is 0 Å². The van der Waals surface area contributed by atoms with Crippen LogP contribution >= 0.6 is 11.3 Å². The molecule has 2 heterocycles. The van der Waals surface area contributed by atoms with E-state index in [0.29, 0.717) is 24.3 Å². The highest BCUT2D eigenvalue weighted by molar-refractivity contribution is 7.14. The van der Waals surface area contributed by atoms with Gasteiger partial charge in [0.2, 0.25) is 0 Å². The summed E-state index contributed by atoms with van der Waals surface area (Å²) in [6.07, 6.45) is 1.17. The highest BCUT2D eigenvalue weighted by atomic mass is 32.1. The third kappa shape index (κ3) is 3.54. The Morgan fingerprint density at radius 3 is 2.84 bits per heavy atom. The maximum absolute atomic E-state index is 11.9. The maximum Gasteiger partial charge on any atom is 0.332 e. The molecule has 1 amide bonds. The van der Waals surface area contributed by atoms with Crippen LogP contribution in [-0.4, -0.2) is 35.7 Å². The Morgan fingerprint density at radius 1 is 1.47 bits per heavy atom. The summed E-state index contributed by atoms with van der Waals surface area (Å²) in [5.74, 6) is -1.05. The first-order chi connectivity index (χ1) is 9.10. The molecule has 1 aliphatic heterocycles. The quantitative estimate of drug-likeness (QED) is 0.862. The summed E-state index contributed by atoms with van der Waals surface area (Å²) in [6.45, 7) is 2.41. The highest BCUT2D eigenvalue weighted by Crippen LogP contribution is 2.20. The molecule has 2 N–H and O–H groups in total. The Hall–Kier alpha value is -1.40. The van der Waals surface area contributed by atoms with Gasteiger partial charge in [-0.2, -0.15) is 0 Å². The first-order valence-corrected chi connectivity index (χ1v) is 7.17. The molecule has 6 heteroatoms. The number of carbonyl (C=O) groups is 2. The van der Waals surface area contributed by atoms with Crippen LogP contribution in [0.1, 0.15) is 34.3 Å². The summed E-state index contributed by atoms with van der Waals surface area (Å²) in [6, 6.07) is 3.76. The van der Waals surface area contributed by atoms with Crippen LogP contribution in [0.15, 0.2) is 12.1 Å². The Bertz CT molecular complexity index is 471. The Morgan fingerprint density at radius 2 is 2.26 bits per heavy atom. The molecule has 1 aromatic heterocycles. The molecule has 1 fully saturated rings. The lowest BCUT2D eigenvalue weighted by Crippen LogP contribution is -2.32. The van der Waals surface area contributed by atoms with E-state index in [1.54, 1.807) is 0 Å². The van der Waals surface area contributed by atoms with Gasteiger partial charge in [-0.3, -0.25) is 4.79 Å². The van der Waals surface area contributed by atoms with Gasteiger partial charge in [-0.05, 0) is 31.4 Å².